The van der Waals surface area contributed by atoms with Crippen LogP contribution in [0.15, 0.2) is 36.7 Å². The second-order valence-corrected chi connectivity index (χ2v) is 6.97. The van der Waals surface area contributed by atoms with Crippen LogP contribution < -0.4 is 0 Å². The molecule has 3 rings (SSSR count). The lowest BCUT2D eigenvalue weighted by Gasteiger charge is -2.38. The Morgan fingerprint density at radius 1 is 1.48 bits per heavy atom. The molecular weight excluding hydrogens is 360 g/mol. The summed E-state index contributed by atoms with van der Waals surface area (Å²) in [5, 5.41) is 11.5. The monoisotopic (exact) mass is 378 g/mol. The minimum Gasteiger partial charge on any atom is -0.468 e. The highest BCUT2D eigenvalue weighted by atomic mass is 32.2. The Morgan fingerprint density at radius 2 is 2.28 bits per heavy atom. The Labute approximate surface area is 155 Å². The van der Waals surface area contributed by atoms with Crippen molar-refractivity contribution in [2.24, 2.45) is 0 Å². The molecule has 25 heavy (non-hydrogen) atoms. The lowest BCUT2D eigenvalue weighted by molar-refractivity contribution is -0.0431. The predicted molar refractivity (Wildman–Crippen MR) is 101 cm³/mol. The molecule has 2 atom stereocenters. The quantitative estimate of drug-likeness (QED) is 0.822. The van der Waals surface area contributed by atoms with Gasteiger partial charge in [-0.1, -0.05) is 36.0 Å². The highest BCUT2D eigenvalue weighted by Crippen LogP contribution is 2.33. The van der Waals surface area contributed by atoms with Gasteiger partial charge in [-0.2, -0.15) is 0 Å². The number of benzene rings is 1. The number of aromatic nitrogens is 1. The number of thioether (sulfide) groups is 1. The Bertz CT molecular complexity index is 781. The van der Waals surface area contributed by atoms with Crippen molar-refractivity contribution < 1.29 is 19.4 Å². The molecule has 1 aromatic heterocycles. The predicted octanol–water partition coefficient (Wildman–Crippen LogP) is 3.32. The van der Waals surface area contributed by atoms with Gasteiger partial charge in [0, 0.05) is 29.9 Å². The first-order valence-electron chi connectivity index (χ1n) is 7.76. The molecule has 0 bridgehead atoms. The van der Waals surface area contributed by atoms with Crippen LogP contribution in [-0.2, 0) is 9.47 Å². The van der Waals surface area contributed by atoms with E-state index in [2.05, 4.69) is 4.98 Å². The fourth-order valence-corrected chi connectivity index (χ4v) is 3.28. The number of carbonyl (C=O) groups is 1. The van der Waals surface area contributed by atoms with E-state index in [1.807, 2.05) is 30.5 Å². The first kappa shape index (κ1) is 17.9. The molecule has 0 spiro atoms. The first-order chi connectivity index (χ1) is 12.1. The van der Waals surface area contributed by atoms with E-state index in [0.29, 0.717) is 17.5 Å². The van der Waals surface area contributed by atoms with Crippen LogP contribution in [0.1, 0.15) is 11.7 Å². The standard InChI is InChI=1S/C17H18N2O4S2/c1-25-17(24)23-15(14-10-22-7-6-19(14)16(20)21)13-9-18-8-11-4-2-3-5-12(11)13/h2-5,8-9,14-15H,6-7,10H2,1H3,(H,20,21). The minimum absolute atomic E-state index is 0.247. The van der Waals surface area contributed by atoms with Crippen LogP contribution in [0.25, 0.3) is 10.8 Å². The third-order valence-electron chi connectivity index (χ3n) is 4.16. The summed E-state index contributed by atoms with van der Waals surface area (Å²) >= 11 is 6.55. The van der Waals surface area contributed by atoms with Gasteiger partial charge in [0.1, 0.15) is 0 Å². The summed E-state index contributed by atoms with van der Waals surface area (Å²) in [7, 11) is 0. The number of carboxylic acid groups (broad SMARTS) is 1. The molecule has 6 nitrogen and oxygen atoms in total. The van der Waals surface area contributed by atoms with Gasteiger partial charge in [0.05, 0.1) is 19.3 Å². The maximum atomic E-state index is 11.7. The summed E-state index contributed by atoms with van der Waals surface area (Å²) in [6.07, 6.45) is 3.73. The minimum atomic E-state index is -0.995. The fourth-order valence-electron chi connectivity index (χ4n) is 2.98. The largest absolute Gasteiger partial charge is 0.468 e. The van der Waals surface area contributed by atoms with Gasteiger partial charge in [0.15, 0.2) is 6.10 Å². The molecule has 2 unspecified atom stereocenters. The third-order valence-corrected chi connectivity index (χ3v) is 5.18. The molecule has 1 N–H and O–H groups in total. The smallest absolute Gasteiger partial charge is 0.407 e. The molecule has 1 aliphatic heterocycles. The van der Waals surface area contributed by atoms with Crippen LogP contribution in [0.3, 0.4) is 0 Å². The third kappa shape index (κ3) is 3.86. The first-order valence-corrected chi connectivity index (χ1v) is 9.39. The lowest BCUT2D eigenvalue weighted by atomic mass is 9.97. The Balaban J connectivity index is 2.07. The number of nitrogens with zero attached hydrogens (tertiary/aromatic N) is 2. The molecule has 1 aromatic carbocycles. The second kappa shape index (κ2) is 7.99. The zero-order chi connectivity index (χ0) is 17.8. The normalized spacial score (nSPS) is 18.8. The van der Waals surface area contributed by atoms with Crippen molar-refractivity contribution in [1.29, 1.82) is 0 Å². The molecule has 0 radical (unpaired) electrons. The summed E-state index contributed by atoms with van der Waals surface area (Å²) in [4.78, 5) is 17.3. The SMILES string of the molecule is CSC(=S)OC(c1cncc2ccccc12)C1COCCN1C(=O)O. The van der Waals surface area contributed by atoms with Crippen molar-refractivity contribution in [3.63, 3.8) is 0 Å². The molecular formula is C17H18N2O4S2. The number of amides is 1. The maximum absolute atomic E-state index is 11.7. The summed E-state index contributed by atoms with van der Waals surface area (Å²) in [5.41, 5.74) is 0.802. The average molecular weight is 378 g/mol. The number of morpholine rings is 1. The van der Waals surface area contributed by atoms with Gasteiger partial charge < -0.3 is 14.6 Å². The number of hydrogen-bond donors (Lipinski definition) is 1. The van der Waals surface area contributed by atoms with Crippen molar-refractivity contribution in [3.8, 4) is 0 Å². The zero-order valence-electron chi connectivity index (χ0n) is 13.6. The van der Waals surface area contributed by atoms with Crippen molar-refractivity contribution in [2.45, 2.75) is 12.1 Å². The number of rotatable bonds is 3. The highest BCUT2D eigenvalue weighted by Gasteiger charge is 2.37. The molecule has 132 valence electrons. The number of pyridine rings is 1. The second-order valence-electron chi connectivity index (χ2n) is 5.56. The van der Waals surface area contributed by atoms with Gasteiger partial charge >= 0.3 is 6.09 Å². The Kier molecular flexibility index (Phi) is 5.72. The van der Waals surface area contributed by atoms with E-state index < -0.39 is 18.2 Å². The highest BCUT2D eigenvalue weighted by molar-refractivity contribution is 8.22. The van der Waals surface area contributed by atoms with E-state index >= 15 is 0 Å². The van der Waals surface area contributed by atoms with Gasteiger partial charge in [-0.05, 0) is 23.9 Å². The van der Waals surface area contributed by atoms with Crippen LogP contribution in [0, 0.1) is 0 Å². The molecule has 0 saturated carbocycles. The zero-order valence-corrected chi connectivity index (χ0v) is 15.3. The summed E-state index contributed by atoms with van der Waals surface area (Å²) < 4.78 is 11.9. The molecule has 1 aliphatic rings. The van der Waals surface area contributed by atoms with Crippen molar-refractivity contribution in [3.05, 3.63) is 42.2 Å². The molecule has 1 fully saturated rings. The fraction of sp³-hybridized carbons (Fsp3) is 0.353. The van der Waals surface area contributed by atoms with Gasteiger partial charge in [-0.25, -0.2) is 4.79 Å². The van der Waals surface area contributed by atoms with E-state index in [1.165, 1.54) is 16.7 Å². The Hall–Kier alpha value is -1.90. The number of ether oxygens (including phenoxy) is 2. The number of hydrogen-bond acceptors (Lipinski definition) is 6. The lowest BCUT2D eigenvalue weighted by Crippen LogP contribution is -2.51. The summed E-state index contributed by atoms with van der Waals surface area (Å²) in [6, 6.07) is 7.30. The van der Waals surface area contributed by atoms with E-state index in [0.717, 1.165) is 16.3 Å². The van der Waals surface area contributed by atoms with E-state index in [-0.39, 0.29) is 6.61 Å². The number of fused-ring (bicyclic) bond motifs is 1. The van der Waals surface area contributed by atoms with Crippen LogP contribution in [0.5, 0.6) is 0 Å². The van der Waals surface area contributed by atoms with Crippen molar-refractivity contribution in [2.75, 3.05) is 26.0 Å². The molecule has 1 saturated heterocycles. The van der Waals surface area contributed by atoms with Crippen LogP contribution in [0.4, 0.5) is 4.79 Å². The van der Waals surface area contributed by atoms with E-state index in [9.17, 15) is 9.90 Å². The molecule has 2 aromatic rings. The van der Waals surface area contributed by atoms with Crippen molar-refractivity contribution in [1.82, 2.24) is 9.88 Å². The van der Waals surface area contributed by atoms with E-state index in [4.69, 9.17) is 21.7 Å². The van der Waals surface area contributed by atoms with Gasteiger partial charge in [-0.15, -0.1) is 0 Å². The summed E-state index contributed by atoms with van der Waals surface area (Å²) in [6.45, 7) is 0.914. The molecule has 8 heteroatoms. The van der Waals surface area contributed by atoms with Crippen LogP contribution in [0.2, 0.25) is 0 Å². The van der Waals surface area contributed by atoms with Gasteiger partial charge in [-0.3, -0.25) is 9.88 Å². The van der Waals surface area contributed by atoms with Crippen LogP contribution in [-0.4, -0.2) is 57.5 Å². The molecule has 1 amide bonds. The number of thiocarbonyl (C=S) groups is 1. The maximum Gasteiger partial charge on any atom is 0.407 e. The van der Waals surface area contributed by atoms with Crippen LogP contribution >= 0.6 is 24.0 Å². The van der Waals surface area contributed by atoms with Gasteiger partial charge in [0.25, 0.3) is 0 Å². The molecule has 2 heterocycles. The average Bonchev–Trinajstić information content (AvgIpc) is 2.65. The van der Waals surface area contributed by atoms with Crippen molar-refractivity contribution >= 4 is 45.2 Å². The topological polar surface area (TPSA) is 71.9 Å². The summed E-state index contributed by atoms with van der Waals surface area (Å²) in [5.74, 6) is 0. The van der Waals surface area contributed by atoms with E-state index in [1.54, 1.807) is 12.4 Å². The van der Waals surface area contributed by atoms with Gasteiger partial charge in [0.2, 0.25) is 4.38 Å². The molecule has 0 aliphatic carbocycles. The Morgan fingerprint density at radius 3 is 3.04 bits per heavy atom.